The van der Waals surface area contributed by atoms with Gasteiger partial charge in [-0.25, -0.2) is 4.79 Å². The molecule has 0 aliphatic carbocycles. The highest BCUT2D eigenvalue weighted by Crippen LogP contribution is 2.33. The number of rotatable bonds is 13. The summed E-state index contributed by atoms with van der Waals surface area (Å²) in [6, 6.07) is 37.6. The van der Waals surface area contributed by atoms with Crippen molar-refractivity contribution in [2.24, 2.45) is 0 Å². The number of carbonyl (C=O) groups excluding carboxylic acids is 1. The molecule has 0 spiro atoms. The molecule has 5 aromatic rings. The van der Waals surface area contributed by atoms with Crippen LogP contribution in [0.25, 0.3) is 10.8 Å². The van der Waals surface area contributed by atoms with Crippen molar-refractivity contribution in [1.82, 2.24) is 5.32 Å². The molecule has 5 aromatic carbocycles. The normalized spacial score (nSPS) is 15.8. The summed E-state index contributed by atoms with van der Waals surface area (Å²) in [5.41, 5.74) is 3.74. The molecule has 2 atom stereocenters. The summed E-state index contributed by atoms with van der Waals surface area (Å²) < 4.78 is 29.7. The van der Waals surface area contributed by atoms with E-state index in [-0.39, 0.29) is 43.6 Å². The first-order chi connectivity index (χ1) is 22.7. The van der Waals surface area contributed by atoms with Gasteiger partial charge in [-0.05, 0) is 71.8 Å². The highest BCUT2D eigenvalue weighted by Gasteiger charge is 2.27. The van der Waals surface area contributed by atoms with Crippen LogP contribution in [0.5, 0.6) is 17.2 Å². The SMILES string of the molecule is COc1ccccc1COc1cc2ccccc2cc1COC1CNCCC1c1ccc(OCCOC(=O)c2ccccc2)cc1.Cl. The van der Waals surface area contributed by atoms with Gasteiger partial charge in [-0.2, -0.15) is 0 Å². The van der Waals surface area contributed by atoms with Crippen molar-refractivity contribution in [1.29, 1.82) is 0 Å². The van der Waals surface area contributed by atoms with E-state index >= 15 is 0 Å². The van der Waals surface area contributed by atoms with Crippen molar-refractivity contribution in [3.8, 4) is 17.2 Å². The zero-order valence-corrected chi connectivity index (χ0v) is 27.2. The number of hydrogen-bond donors (Lipinski definition) is 1. The van der Waals surface area contributed by atoms with Crippen molar-refractivity contribution in [2.45, 2.75) is 31.7 Å². The zero-order valence-electron chi connectivity index (χ0n) is 26.4. The standard InChI is InChI=1S/C39H39NO6.ClH/c1-42-36-14-8-7-13-32(36)26-45-37-24-31-12-6-5-11-30(31)23-33(37)27-46-38-25-40-20-19-35(38)28-15-17-34(18-16-28)43-21-22-44-39(41)29-9-3-2-4-10-29;/h2-18,23-24,35,38,40H,19-22,25-27H2,1H3;1H. The van der Waals surface area contributed by atoms with Gasteiger partial charge in [0.05, 0.1) is 25.4 Å². The van der Waals surface area contributed by atoms with Gasteiger partial charge in [-0.15, -0.1) is 12.4 Å². The maximum absolute atomic E-state index is 12.1. The fourth-order valence-electron chi connectivity index (χ4n) is 5.84. The Labute approximate surface area is 282 Å². The first kappa shape index (κ1) is 33.8. The van der Waals surface area contributed by atoms with Gasteiger partial charge < -0.3 is 29.0 Å². The first-order valence-electron chi connectivity index (χ1n) is 15.7. The molecule has 1 saturated heterocycles. The number of esters is 1. The third-order valence-corrected chi connectivity index (χ3v) is 8.29. The Kier molecular flexibility index (Phi) is 12.1. The molecule has 1 heterocycles. The van der Waals surface area contributed by atoms with E-state index in [1.165, 1.54) is 5.56 Å². The minimum Gasteiger partial charge on any atom is -0.496 e. The van der Waals surface area contributed by atoms with E-state index in [1.807, 2.05) is 66.7 Å². The molecule has 2 unspecified atom stereocenters. The van der Waals surface area contributed by atoms with Crippen LogP contribution in [0.1, 0.15) is 39.4 Å². The van der Waals surface area contributed by atoms with Gasteiger partial charge in [0.2, 0.25) is 0 Å². The Hall–Kier alpha value is -4.56. The lowest BCUT2D eigenvalue weighted by Gasteiger charge is -2.33. The van der Waals surface area contributed by atoms with Gasteiger partial charge in [0.25, 0.3) is 0 Å². The van der Waals surface area contributed by atoms with E-state index in [2.05, 4.69) is 41.7 Å². The topological polar surface area (TPSA) is 75.2 Å². The molecular formula is C39H40ClNO6. The average Bonchev–Trinajstić information content (AvgIpc) is 3.12. The van der Waals surface area contributed by atoms with Gasteiger partial charge >= 0.3 is 5.97 Å². The van der Waals surface area contributed by atoms with E-state index in [4.69, 9.17) is 23.7 Å². The van der Waals surface area contributed by atoms with Crippen LogP contribution in [0.15, 0.2) is 115 Å². The van der Waals surface area contributed by atoms with Crippen molar-refractivity contribution in [2.75, 3.05) is 33.4 Å². The molecule has 0 amide bonds. The van der Waals surface area contributed by atoms with E-state index in [0.29, 0.717) is 18.8 Å². The van der Waals surface area contributed by atoms with E-state index in [9.17, 15) is 4.79 Å². The van der Waals surface area contributed by atoms with Gasteiger partial charge in [0.1, 0.15) is 37.1 Å². The fraction of sp³-hybridized carbons (Fsp3) is 0.256. The molecule has 7 nitrogen and oxygen atoms in total. The molecule has 6 rings (SSSR count). The second-order valence-corrected chi connectivity index (χ2v) is 11.3. The lowest BCUT2D eigenvalue weighted by atomic mass is 9.87. The third kappa shape index (κ3) is 8.83. The van der Waals surface area contributed by atoms with Crippen LogP contribution in [-0.4, -0.2) is 45.5 Å². The Bertz CT molecular complexity index is 1730. The quantitative estimate of drug-likeness (QED) is 0.103. The Morgan fingerprint density at radius 1 is 0.745 bits per heavy atom. The molecule has 0 radical (unpaired) electrons. The van der Waals surface area contributed by atoms with Crippen LogP contribution in [0, 0.1) is 0 Å². The maximum Gasteiger partial charge on any atom is 0.338 e. The summed E-state index contributed by atoms with van der Waals surface area (Å²) in [5, 5.41) is 5.77. The Balaban J connectivity index is 0.00000433. The van der Waals surface area contributed by atoms with Gasteiger partial charge in [0.15, 0.2) is 0 Å². The number of carbonyl (C=O) groups is 1. The highest BCUT2D eigenvalue weighted by molar-refractivity contribution is 5.89. The smallest absolute Gasteiger partial charge is 0.338 e. The molecule has 244 valence electrons. The molecule has 1 N–H and O–H groups in total. The van der Waals surface area contributed by atoms with Gasteiger partial charge in [-0.3, -0.25) is 0 Å². The van der Waals surface area contributed by atoms with E-state index in [0.717, 1.165) is 58.7 Å². The number of benzene rings is 5. The molecule has 47 heavy (non-hydrogen) atoms. The summed E-state index contributed by atoms with van der Waals surface area (Å²) in [7, 11) is 1.68. The van der Waals surface area contributed by atoms with Crippen LogP contribution < -0.4 is 19.5 Å². The Morgan fingerprint density at radius 2 is 1.47 bits per heavy atom. The predicted octanol–water partition coefficient (Wildman–Crippen LogP) is 7.75. The number of halogens is 1. The van der Waals surface area contributed by atoms with Crippen LogP contribution in [0.4, 0.5) is 0 Å². The van der Waals surface area contributed by atoms with Crippen LogP contribution >= 0.6 is 12.4 Å². The number of ether oxygens (including phenoxy) is 5. The fourth-order valence-corrected chi connectivity index (χ4v) is 5.84. The van der Waals surface area contributed by atoms with Crippen molar-refractivity contribution >= 4 is 29.1 Å². The lowest BCUT2D eigenvalue weighted by Crippen LogP contribution is -2.41. The summed E-state index contributed by atoms with van der Waals surface area (Å²) in [4.78, 5) is 12.1. The van der Waals surface area contributed by atoms with Gasteiger partial charge in [0, 0.05) is 23.6 Å². The molecule has 1 aliphatic rings. The number of fused-ring (bicyclic) bond motifs is 1. The molecular weight excluding hydrogens is 614 g/mol. The second kappa shape index (κ2) is 16.8. The number of methoxy groups -OCH3 is 1. The number of para-hydroxylation sites is 1. The first-order valence-corrected chi connectivity index (χ1v) is 15.7. The molecule has 1 aliphatic heterocycles. The molecule has 8 heteroatoms. The summed E-state index contributed by atoms with van der Waals surface area (Å²) >= 11 is 0. The number of piperidine rings is 1. The average molecular weight is 654 g/mol. The summed E-state index contributed by atoms with van der Waals surface area (Å²) in [5.74, 6) is 2.23. The maximum atomic E-state index is 12.1. The molecule has 0 aromatic heterocycles. The Morgan fingerprint density at radius 3 is 2.26 bits per heavy atom. The van der Waals surface area contributed by atoms with Crippen molar-refractivity contribution in [3.63, 3.8) is 0 Å². The van der Waals surface area contributed by atoms with E-state index in [1.54, 1.807) is 19.2 Å². The van der Waals surface area contributed by atoms with Crippen LogP contribution in [-0.2, 0) is 22.7 Å². The second-order valence-electron chi connectivity index (χ2n) is 11.3. The minimum atomic E-state index is -0.352. The molecule has 1 fully saturated rings. The lowest BCUT2D eigenvalue weighted by molar-refractivity contribution is 0.00960. The predicted molar refractivity (Wildman–Crippen MR) is 186 cm³/mol. The van der Waals surface area contributed by atoms with Crippen LogP contribution in [0.2, 0.25) is 0 Å². The van der Waals surface area contributed by atoms with Crippen molar-refractivity contribution in [3.05, 3.63) is 138 Å². The molecule has 0 saturated carbocycles. The largest absolute Gasteiger partial charge is 0.496 e. The zero-order chi connectivity index (χ0) is 31.6. The van der Waals surface area contributed by atoms with Gasteiger partial charge in [-0.1, -0.05) is 72.8 Å². The number of hydrogen-bond acceptors (Lipinski definition) is 7. The number of nitrogens with one attached hydrogen (secondary N) is 1. The highest BCUT2D eigenvalue weighted by atomic mass is 35.5. The summed E-state index contributed by atoms with van der Waals surface area (Å²) in [6.07, 6.45) is 0.960. The summed E-state index contributed by atoms with van der Waals surface area (Å²) in [6.45, 7) is 2.98. The molecule has 0 bridgehead atoms. The van der Waals surface area contributed by atoms with Crippen LogP contribution in [0.3, 0.4) is 0 Å². The van der Waals surface area contributed by atoms with E-state index < -0.39 is 0 Å². The van der Waals surface area contributed by atoms with Crippen molar-refractivity contribution < 1.29 is 28.5 Å². The minimum absolute atomic E-state index is 0. The monoisotopic (exact) mass is 653 g/mol. The third-order valence-electron chi connectivity index (χ3n) is 8.29.